The highest BCUT2D eigenvalue weighted by Crippen LogP contribution is 2.33. The number of hydrogen-bond donors (Lipinski definition) is 2. The maximum atomic E-state index is 13.6. The van der Waals surface area contributed by atoms with Crippen molar-refractivity contribution in [1.82, 2.24) is 19.9 Å². The van der Waals surface area contributed by atoms with Crippen molar-refractivity contribution < 1.29 is 27.5 Å². The highest BCUT2D eigenvalue weighted by molar-refractivity contribution is 7.13. The normalized spacial score (nSPS) is 11.3. The molecule has 0 unspecified atom stereocenters. The lowest BCUT2D eigenvalue weighted by Crippen LogP contribution is -2.23. The molecule has 2 amide bonds. The van der Waals surface area contributed by atoms with Gasteiger partial charge < -0.3 is 19.9 Å². The summed E-state index contributed by atoms with van der Waals surface area (Å²) in [5.74, 6) is -1.24. The number of aryl methyl sites for hydroxylation is 3. The molecule has 0 atom stereocenters. The van der Waals surface area contributed by atoms with Crippen LogP contribution in [0.3, 0.4) is 0 Å². The van der Waals surface area contributed by atoms with E-state index in [-0.39, 0.29) is 40.9 Å². The highest BCUT2D eigenvalue weighted by atomic mass is 35.5. The Morgan fingerprint density at radius 2 is 1.78 bits per heavy atom. The van der Waals surface area contributed by atoms with Gasteiger partial charge >= 0.3 is 0 Å². The molecular weight excluding hydrogens is 686 g/mol. The fourth-order valence-electron chi connectivity index (χ4n) is 4.75. The summed E-state index contributed by atoms with van der Waals surface area (Å²) in [5.41, 5.74) is 2.82. The van der Waals surface area contributed by atoms with E-state index in [1.54, 1.807) is 30.7 Å². The summed E-state index contributed by atoms with van der Waals surface area (Å²) in [7, 11) is 1.72. The number of anilines is 1. The molecule has 46 heavy (non-hydrogen) atoms. The topological polar surface area (TPSA) is 98.1 Å². The van der Waals surface area contributed by atoms with Gasteiger partial charge in [-0.2, -0.15) is 0 Å². The van der Waals surface area contributed by atoms with Crippen LogP contribution in [0.25, 0.3) is 11.0 Å². The summed E-state index contributed by atoms with van der Waals surface area (Å²) in [5, 5.41) is 6.75. The summed E-state index contributed by atoms with van der Waals surface area (Å²) >= 11 is 20.5. The van der Waals surface area contributed by atoms with Crippen LogP contribution in [0.15, 0.2) is 42.5 Å². The minimum absolute atomic E-state index is 0.0709. The van der Waals surface area contributed by atoms with Crippen molar-refractivity contribution in [3.63, 3.8) is 0 Å². The minimum atomic E-state index is -2.79. The SMILES string of the molecule is Cc1nc(C)c(C(=O)NCc2ccc(Cl)c(Cc3nc4cc(C(=O)Nc5ccc(F)c(Cl)c5)c(OCC(F)F)cc4n3C)c2Cl)s1. The quantitative estimate of drug-likeness (QED) is 0.153. The summed E-state index contributed by atoms with van der Waals surface area (Å²) in [6.45, 7) is 2.79. The zero-order valence-corrected chi connectivity index (χ0v) is 27.6. The predicted octanol–water partition coefficient (Wildman–Crippen LogP) is 8.16. The molecule has 0 aliphatic carbocycles. The summed E-state index contributed by atoms with van der Waals surface area (Å²) in [6.07, 6.45) is -2.62. The van der Waals surface area contributed by atoms with E-state index in [0.717, 1.165) is 11.1 Å². The van der Waals surface area contributed by atoms with Crippen molar-refractivity contribution in [2.75, 3.05) is 11.9 Å². The summed E-state index contributed by atoms with van der Waals surface area (Å²) in [6, 6.07) is 9.88. The molecule has 3 aromatic carbocycles. The van der Waals surface area contributed by atoms with Crippen LogP contribution < -0.4 is 15.4 Å². The van der Waals surface area contributed by atoms with Gasteiger partial charge in [0, 0.05) is 36.8 Å². The Morgan fingerprint density at radius 1 is 1.02 bits per heavy atom. The zero-order chi connectivity index (χ0) is 33.3. The van der Waals surface area contributed by atoms with Crippen LogP contribution in [0, 0.1) is 19.7 Å². The van der Waals surface area contributed by atoms with Gasteiger partial charge in [0.15, 0.2) is 0 Å². The van der Waals surface area contributed by atoms with Gasteiger partial charge in [-0.3, -0.25) is 9.59 Å². The van der Waals surface area contributed by atoms with E-state index in [0.29, 0.717) is 48.6 Å². The number of hydrogen-bond acceptors (Lipinski definition) is 6. The van der Waals surface area contributed by atoms with Gasteiger partial charge in [0.05, 0.1) is 37.3 Å². The number of nitrogens with one attached hydrogen (secondary N) is 2. The molecule has 0 saturated carbocycles. The van der Waals surface area contributed by atoms with Gasteiger partial charge in [0.2, 0.25) is 0 Å². The predicted molar refractivity (Wildman–Crippen MR) is 174 cm³/mol. The summed E-state index contributed by atoms with van der Waals surface area (Å²) < 4.78 is 46.8. The van der Waals surface area contributed by atoms with Crippen LogP contribution in [-0.2, 0) is 20.0 Å². The lowest BCUT2D eigenvalue weighted by atomic mass is 10.1. The first-order valence-electron chi connectivity index (χ1n) is 13.7. The average molecular weight is 711 g/mol. The second-order valence-corrected chi connectivity index (χ2v) is 12.6. The van der Waals surface area contributed by atoms with E-state index >= 15 is 0 Å². The number of rotatable bonds is 10. The number of carbonyl (C=O) groups is 2. The van der Waals surface area contributed by atoms with E-state index in [2.05, 4.69) is 20.6 Å². The molecule has 0 radical (unpaired) electrons. The third-order valence-electron chi connectivity index (χ3n) is 7.01. The van der Waals surface area contributed by atoms with Crippen LogP contribution in [0.1, 0.15) is 47.7 Å². The van der Waals surface area contributed by atoms with Gasteiger partial charge in [-0.25, -0.2) is 23.1 Å². The Morgan fingerprint density at radius 3 is 2.46 bits per heavy atom. The molecule has 5 rings (SSSR count). The molecule has 2 heterocycles. The van der Waals surface area contributed by atoms with Gasteiger partial charge in [0.25, 0.3) is 18.2 Å². The number of fused-ring (bicyclic) bond motifs is 1. The molecule has 2 N–H and O–H groups in total. The number of benzene rings is 3. The molecule has 15 heteroatoms. The maximum absolute atomic E-state index is 13.6. The van der Waals surface area contributed by atoms with Crippen molar-refractivity contribution in [3.05, 3.63) is 101 Å². The van der Waals surface area contributed by atoms with Crippen LogP contribution in [0.4, 0.5) is 18.9 Å². The van der Waals surface area contributed by atoms with Gasteiger partial charge in [-0.1, -0.05) is 40.9 Å². The Bertz CT molecular complexity index is 1980. The van der Waals surface area contributed by atoms with Crippen molar-refractivity contribution in [2.45, 2.75) is 33.2 Å². The molecule has 240 valence electrons. The number of carbonyl (C=O) groups excluding carboxylic acids is 2. The number of thiazole rings is 1. The van der Waals surface area contributed by atoms with Crippen molar-refractivity contribution in [1.29, 1.82) is 0 Å². The van der Waals surface area contributed by atoms with Gasteiger partial charge in [0.1, 0.15) is 28.9 Å². The lowest BCUT2D eigenvalue weighted by Gasteiger charge is -2.13. The number of nitrogens with zero attached hydrogens (tertiary/aromatic N) is 3. The second-order valence-electron chi connectivity index (χ2n) is 10.2. The van der Waals surface area contributed by atoms with Crippen LogP contribution in [0.5, 0.6) is 5.75 Å². The molecular formula is C31H25Cl3F3N5O3S. The molecule has 5 aromatic rings. The smallest absolute Gasteiger partial charge is 0.272 e. The van der Waals surface area contributed by atoms with Crippen LogP contribution in [-0.4, -0.2) is 39.4 Å². The van der Waals surface area contributed by atoms with E-state index in [4.69, 9.17) is 39.5 Å². The first kappa shape index (κ1) is 33.5. The number of ether oxygens (including phenoxy) is 1. The Hall–Kier alpha value is -3.84. The van der Waals surface area contributed by atoms with E-state index in [1.807, 2.05) is 6.92 Å². The average Bonchev–Trinajstić information content (AvgIpc) is 3.51. The molecule has 2 aromatic heterocycles. The molecule has 0 saturated heterocycles. The number of alkyl halides is 2. The van der Waals surface area contributed by atoms with E-state index in [1.165, 1.54) is 35.6 Å². The Kier molecular flexibility index (Phi) is 10.1. The third-order valence-corrected chi connectivity index (χ3v) is 9.20. The fraction of sp³-hybridized carbons (Fsp3) is 0.226. The highest BCUT2D eigenvalue weighted by Gasteiger charge is 2.22. The molecule has 0 aliphatic heterocycles. The first-order valence-corrected chi connectivity index (χ1v) is 15.6. The van der Waals surface area contributed by atoms with Crippen molar-refractivity contribution in [2.24, 2.45) is 7.05 Å². The van der Waals surface area contributed by atoms with Crippen LogP contribution in [0.2, 0.25) is 15.1 Å². The number of halogens is 6. The zero-order valence-electron chi connectivity index (χ0n) is 24.5. The first-order chi connectivity index (χ1) is 21.8. The molecule has 0 aliphatic rings. The number of imidazole rings is 1. The Labute approximate surface area is 280 Å². The molecule has 0 bridgehead atoms. The van der Waals surface area contributed by atoms with E-state index < -0.39 is 24.8 Å². The summed E-state index contributed by atoms with van der Waals surface area (Å²) in [4.78, 5) is 35.5. The van der Waals surface area contributed by atoms with E-state index in [9.17, 15) is 22.8 Å². The molecule has 0 fully saturated rings. The standard InChI is InChI=1S/C31H25Cl3F3N5O3S/c1-14-29(46-15(2)39-14)31(44)38-12-16-4-6-20(32)18(28(16)34)10-27-41-23-9-19(25(45-13-26(36)37)11-24(23)42(27)3)30(43)40-17-5-7-22(35)21(33)8-17/h4-9,11,26H,10,12-13H2,1-3H3,(H,38,44)(H,40,43). The molecule has 0 spiro atoms. The second kappa shape index (κ2) is 13.9. The molecule has 8 nitrogen and oxygen atoms in total. The van der Waals surface area contributed by atoms with Gasteiger partial charge in [-0.05, 0) is 55.3 Å². The minimum Gasteiger partial charge on any atom is -0.487 e. The van der Waals surface area contributed by atoms with Crippen molar-refractivity contribution >= 4 is 74.7 Å². The number of amides is 2. The lowest BCUT2D eigenvalue weighted by molar-refractivity contribution is 0.0804. The Balaban J connectivity index is 1.44. The van der Waals surface area contributed by atoms with Crippen LogP contribution >= 0.6 is 46.1 Å². The monoisotopic (exact) mass is 709 g/mol. The third kappa shape index (κ3) is 7.25. The number of aromatic nitrogens is 3. The van der Waals surface area contributed by atoms with Gasteiger partial charge in [-0.15, -0.1) is 11.3 Å². The van der Waals surface area contributed by atoms with Crippen molar-refractivity contribution in [3.8, 4) is 5.75 Å². The fourth-order valence-corrected chi connectivity index (χ4v) is 6.34. The maximum Gasteiger partial charge on any atom is 0.272 e. The largest absolute Gasteiger partial charge is 0.487 e.